The maximum Gasteiger partial charge on any atom is 0.266 e. The van der Waals surface area contributed by atoms with Crippen LogP contribution < -0.4 is 5.32 Å². The summed E-state index contributed by atoms with van der Waals surface area (Å²) in [5.41, 5.74) is 2.48. The highest BCUT2D eigenvalue weighted by Gasteiger charge is 2.21. The van der Waals surface area contributed by atoms with Crippen molar-refractivity contribution in [2.75, 3.05) is 5.32 Å². The molecule has 0 saturated heterocycles. The predicted molar refractivity (Wildman–Crippen MR) is 108 cm³/mol. The molecule has 1 amide bonds. The minimum atomic E-state index is -3.50. The zero-order valence-corrected chi connectivity index (χ0v) is 15.6. The number of amides is 1. The van der Waals surface area contributed by atoms with Crippen molar-refractivity contribution in [3.05, 3.63) is 70.3 Å². The summed E-state index contributed by atoms with van der Waals surface area (Å²) in [6.07, 6.45) is 4.55. The van der Waals surface area contributed by atoms with E-state index < -0.39 is 15.7 Å². The van der Waals surface area contributed by atoms with E-state index in [2.05, 4.69) is 16.4 Å². The standard InChI is InChI=1S/C21H12N4O3S/c22-10-13-1-4-19-18(7-13)16(12-24-19)8-15(11-23)21(26)25-17-3-2-14-5-6-29(27,28)20(14)9-17/h1-9,12,24H,(H,25,26)/b15-8-. The smallest absolute Gasteiger partial charge is 0.266 e. The van der Waals surface area contributed by atoms with E-state index in [-0.39, 0.29) is 16.2 Å². The van der Waals surface area contributed by atoms with Gasteiger partial charge in [0.25, 0.3) is 5.91 Å². The first-order valence-corrected chi connectivity index (χ1v) is 9.97. The molecular weight excluding hydrogens is 388 g/mol. The molecule has 0 bridgehead atoms. The third-order valence-corrected chi connectivity index (χ3v) is 5.97. The van der Waals surface area contributed by atoms with Crippen molar-refractivity contribution in [2.45, 2.75) is 4.90 Å². The monoisotopic (exact) mass is 400 g/mol. The molecule has 0 aliphatic carbocycles. The van der Waals surface area contributed by atoms with Crippen LogP contribution >= 0.6 is 0 Å². The molecule has 0 unspecified atom stereocenters. The molecule has 4 rings (SSSR count). The molecule has 0 radical (unpaired) electrons. The average Bonchev–Trinajstić information content (AvgIpc) is 3.25. The van der Waals surface area contributed by atoms with Gasteiger partial charge in [-0.25, -0.2) is 8.42 Å². The molecule has 2 N–H and O–H groups in total. The van der Waals surface area contributed by atoms with Crippen LogP contribution in [0.3, 0.4) is 0 Å². The van der Waals surface area contributed by atoms with Crippen LogP contribution in [0.1, 0.15) is 16.7 Å². The van der Waals surface area contributed by atoms with Gasteiger partial charge in [-0.1, -0.05) is 6.07 Å². The van der Waals surface area contributed by atoms with Gasteiger partial charge < -0.3 is 10.3 Å². The molecule has 3 aromatic rings. The highest BCUT2D eigenvalue weighted by atomic mass is 32.2. The highest BCUT2D eigenvalue weighted by molar-refractivity contribution is 7.94. The number of aromatic nitrogens is 1. The summed E-state index contributed by atoms with van der Waals surface area (Å²) in [6.45, 7) is 0. The van der Waals surface area contributed by atoms with E-state index in [4.69, 9.17) is 5.26 Å². The van der Waals surface area contributed by atoms with E-state index in [1.807, 2.05) is 6.07 Å². The lowest BCUT2D eigenvalue weighted by Crippen LogP contribution is -2.13. The van der Waals surface area contributed by atoms with Crippen LogP contribution in [-0.2, 0) is 14.6 Å². The lowest BCUT2D eigenvalue weighted by atomic mass is 10.1. The molecule has 140 valence electrons. The van der Waals surface area contributed by atoms with Crippen LogP contribution in [0.5, 0.6) is 0 Å². The van der Waals surface area contributed by atoms with Gasteiger partial charge in [-0.05, 0) is 48.0 Å². The molecular formula is C21H12N4O3S. The number of carbonyl (C=O) groups excluding carboxylic acids is 1. The largest absolute Gasteiger partial charge is 0.361 e. The van der Waals surface area contributed by atoms with Crippen molar-refractivity contribution >= 4 is 44.5 Å². The van der Waals surface area contributed by atoms with Gasteiger partial charge in [0, 0.05) is 33.8 Å². The fraction of sp³-hybridized carbons (Fsp3) is 0. The van der Waals surface area contributed by atoms with Gasteiger partial charge in [0.05, 0.1) is 16.5 Å². The number of benzene rings is 2. The van der Waals surface area contributed by atoms with Crippen molar-refractivity contribution in [1.29, 1.82) is 10.5 Å². The van der Waals surface area contributed by atoms with Crippen LogP contribution in [0.2, 0.25) is 0 Å². The van der Waals surface area contributed by atoms with Gasteiger partial charge in [0.1, 0.15) is 11.6 Å². The van der Waals surface area contributed by atoms with Gasteiger partial charge >= 0.3 is 0 Å². The number of fused-ring (bicyclic) bond motifs is 2. The van der Waals surface area contributed by atoms with Crippen LogP contribution in [0, 0.1) is 22.7 Å². The molecule has 2 heterocycles. The Labute approximate surface area is 166 Å². The Balaban J connectivity index is 1.65. The molecule has 8 heteroatoms. The molecule has 0 fully saturated rings. The maximum atomic E-state index is 12.6. The summed E-state index contributed by atoms with van der Waals surface area (Å²) in [4.78, 5) is 15.7. The number of nitrogens with one attached hydrogen (secondary N) is 2. The predicted octanol–water partition coefficient (Wildman–Crippen LogP) is 3.34. The fourth-order valence-electron chi connectivity index (χ4n) is 3.07. The van der Waals surface area contributed by atoms with Crippen LogP contribution in [0.25, 0.3) is 23.1 Å². The number of hydrogen-bond donors (Lipinski definition) is 2. The Morgan fingerprint density at radius 1 is 1.14 bits per heavy atom. The second kappa shape index (κ2) is 6.79. The SMILES string of the molecule is N#C/C(=C/c1c[nH]c2ccc(C#N)cc12)C(=O)Nc1ccc2c(c1)S(=O)(=O)C=C2. The molecule has 0 spiro atoms. The number of H-pyrrole nitrogens is 1. The van der Waals surface area contributed by atoms with E-state index in [1.54, 1.807) is 36.5 Å². The maximum absolute atomic E-state index is 12.6. The lowest BCUT2D eigenvalue weighted by molar-refractivity contribution is -0.112. The molecule has 29 heavy (non-hydrogen) atoms. The van der Waals surface area contributed by atoms with Gasteiger partial charge in [0.15, 0.2) is 0 Å². The lowest BCUT2D eigenvalue weighted by Gasteiger charge is -2.06. The average molecular weight is 400 g/mol. The molecule has 2 aromatic carbocycles. The number of nitriles is 2. The molecule has 1 aliphatic heterocycles. The third-order valence-electron chi connectivity index (χ3n) is 4.51. The minimum absolute atomic E-state index is 0.110. The Kier molecular flexibility index (Phi) is 4.27. The number of rotatable bonds is 3. The molecule has 0 atom stereocenters. The van der Waals surface area contributed by atoms with E-state index in [1.165, 1.54) is 18.2 Å². The number of hydrogen-bond acceptors (Lipinski definition) is 5. The third kappa shape index (κ3) is 3.29. The van der Waals surface area contributed by atoms with Crippen molar-refractivity contribution in [3.8, 4) is 12.1 Å². The number of aromatic amines is 1. The normalized spacial score (nSPS) is 14.2. The van der Waals surface area contributed by atoms with Crippen molar-refractivity contribution in [1.82, 2.24) is 4.98 Å². The van der Waals surface area contributed by atoms with Gasteiger partial charge in [-0.15, -0.1) is 0 Å². The number of sulfone groups is 1. The van der Waals surface area contributed by atoms with E-state index in [9.17, 15) is 18.5 Å². The quantitative estimate of drug-likeness (QED) is 0.515. The Hall–Kier alpha value is -4.14. The second-order valence-electron chi connectivity index (χ2n) is 6.34. The Morgan fingerprint density at radius 2 is 1.97 bits per heavy atom. The first-order chi connectivity index (χ1) is 13.9. The summed E-state index contributed by atoms with van der Waals surface area (Å²) < 4.78 is 24.0. The summed E-state index contributed by atoms with van der Waals surface area (Å²) in [6, 6.07) is 13.5. The number of anilines is 1. The van der Waals surface area contributed by atoms with E-state index in [0.29, 0.717) is 22.1 Å². The van der Waals surface area contributed by atoms with Gasteiger partial charge in [-0.3, -0.25) is 4.79 Å². The number of carbonyl (C=O) groups is 1. The van der Waals surface area contributed by atoms with Crippen LogP contribution in [0.4, 0.5) is 5.69 Å². The molecule has 1 aromatic heterocycles. The first kappa shape index (κ1) is 18.2. The summed E-state index contributed by atoms with van der Waals surface area (Å²) in [5.74, 6) is -0.665. The molecule has 1 aliphatic rings. The number of nitrogens with zero attached hydrogens (tertiary/aromatic N) is 2. The summed E-state index contributed by atoms with van der Waals surface area (Å²) in [7, 11) is -3.50. The van der Waals surface area contributed by atoms with Gasteiger partial charge in [0.2, 0.25) is 9.84 Å². The van der Waals surface area contributed by atoms with Crippen LogP contribution in [-0.4, -0.2) is 19.3 Å². The molecule has 0 saturated carbocycles. The van der Waals surface area contributed by atoms with Crippen molar-refractivity contribution in [3.63, 3.8) is 0 Å². The molecule has 7 nitrogen and oxygen atoms in total. The van der Waals surface area contributed by atoms with Crippen molar-refractivity contribution in [2.24, 2.45) is 0 Å². The Morgan fingerprint density at radius 3 is 2.72 bits per heavy atom. The highest BCUT2D eigenvalue weighted by Crippen LogP contribution is 2.29. The van der Waals surface area contributed by atoms with E-state index >= 15 is 0 Å². The topological polar surface area (TPSA) is 127 Å². The summed E-state index contributed by atoms with van der Waals surface area (Å²) in [5, 5.41) is 22.9. The van der Waals surface area contributed by atoms with Crippen molar-refractivity contribution < 1.29 is 13.2 Å². The Bertz CT molecular complexity index is 1430. The minimum Gasteiger partial charge on any atom is -0.361 e. The zero-order valence-electron chi connectivity index (χ0n) is 14.8. The second-order valence-corrected chi connectivity index (χ2v) is 8.14. The van der Waals surface area contributed by atoms with Gasteiger partial charge in [-0.2, -0.15) is 10.5 Å². The van der Waals surface area contributed by atoms with Crippen LogP contribution in [0.15, 0.2) is 58.5 Å². The first-order valence-electron chi connectivity index (χ1n) is 8.43. The zero-order chi connectivity index (χ0) is 20.6. The fourth-order valence-corrected chi connectivity index (χ4v) is 4.29. The summed E-state index contributed by atoms with van der Waals surface area (Å²) >= 11 is 0. The van der Waals surface area contributed by atoms with E-state index in [0.717, 1.165) is 10.9 Å².